The number of pyridine rings is 1. The molecule has 4 heterocycles. The zero-order valence-corrected chi connectivity index (χ0v) is 16.1. The van der Waals surface area contributed by atoms with Crippen molar-refractivity contribution in [1.29, 1.82) is 0 Å². The van der Waals surface area contributed by atoms with E-state index in [1.807, 2.05) is 43.9 Å². The Hall–Kier alpha value is -2.41. The van der Waals surface area contributed by atoms with E-state index in [0.29, 0.717) is 19.1 Å². The Balaban J connectivity index is 1.43. The van der Waals surface area contributed by atoms with Gasteiger partial charge in [0.25, 0.3) is 0 Å². The number of fused-ring (bicyclic) bond motifs is 1. The van der Waals surface area contributed by atoms with Crippen molar-refractivity contribution in [3.05, 3.63) is 36.3 Å². The van der Waals surface area contributed by atoms with Crippen molar-refractivity contribution < 1.29 is 14.1 Å². The molecule has 0 bridgehead atoms. The number of nitrogens with zero attached hydrogens (tertiary/aromatic N) is 4. The fourth-order valence-corrected chi connectivity index (χ4v) is 3.95. The van der Waals surface area contributed by atoms with Crippen LogP contribution >= 0.6 is 0 Å². The second kappa shape index (κ2) is 6.96. The van der Waals surface area contributed by atoms with E-state index in [2.05, 4.69) is 15.0 Å². The van der Waals surface area contributed by atoms with Crippen LogP contribution < -0.4 is 0 Å². The van der Waals surface area contributed by atoms with Gasteiger partial charge in [-0.25, -0.2) is 4.79 Å². The molecule has 0 aliphatic carbocycles. The number of piperazine rings is 1. The summed E-state index contributed by atoms with van der Waals surface area (Å²) in [7, 11) is 0. The highest BCUT2D eigenvalue weighted by molar-refractivity contribution is 5.68. The summed E-state index contributed by atoms with van der Waals surface area (Å²) >= 11 is 0. The summed E-state index contributed by atoms with van der Waals surface area (Å²) in [5.41, 5.74) is 1.43. The lowest BCUT2D eigenvalue weighted by molar-refractivity contribution is 0.00464. The molecule has 2 aliphatic heterocycles. The van der Waals surface area contributed by atoms with Gasteiger partial charge in [0.1, 0.15) is 11.3 Å². The summed E-state index contributed by atoms with van der Waals surface area (Å²) in [6.07, 6.45) is 5.37. The van der Waals surface area contributed by atoms with E-state index in [1.54, 1.807) is 12.4 Å². The summed E-state index contributed by atoms with van der Waals surface area (Å²) in [4.78, 5) is 20.8. The molecule has 4 rings (SSSR count). The first-order valence-electron chi connectivity index (χ1n) is 9.51. The van der Waals surface area contributed by atoms with E-state index < -0.39 is 5.60 Å². The Labute approximate surface area is 159 Å². The van der Waals surface area contributed by atoms with Crippen molar-refractivity contribution in [2.75, 3.05) is 19.6 Å². The lowest BCUT2D eigenvalue weighted by atomic mass is 10.1. The highest BCUT2D eigenvalue weighted by Gasteiger charge is 2.41. The maximum absolute atomic E-state index is 12.4. The van der Waals surface area contributed by atoms with E-state index in [9.17, 15) is 4.79 Å². The van der Waals surface area contributed by atoms with Crippen LogP contribution in [0.15, 0.2) is 35.1 Å². The molecular weight excluding hydrogens is 344 g/mol. The summed E-state index contributed by atoms with van der Waals surface area (Å²) < 4.78 is 11.1. The van der Waals surface area contributed by atoms with Crippen molar-refractivity contribution in [2.24, 2.45) is 0 Å². The predicted octanol–water partition coefficient (Wildman–Crippen LogP) is 3.49. The third-order valence-electron chi connectivity index (χ3n) is 5.17. The number of aromatic nitrogens is 2. The van der Waals surface area contributed by atoms with Gasteiger partial charge in [-0.1, -0.05) is 5.16 Å². The molecule has 0 radical (unpaired) electrons. The van der Waals surface area contributed by atoms with Crippen molar-refractivity contribution in [1.82, 2.24) is 19.9 Å². The minimum Gasteiger partial charge on any atom is -0.444 e. The van der Waals surface area contributed by atoms with Crippen LogP contribution in [0.4, 0.5) is 4.79 Å². The van der Waals surface area contributed by atoms with E-state index in [4.69, 9.17) is 9.26 Å². The maximum Gasteiger partial charge on any atom is 0.410 e. The van der Waals surface area contributed by atoms with Crippen LogP contribution in [0.1, 0.15) is 45.3 Å². The Kier molecular flexibility index (Phi) is 4.63. The Morgan fingerprint density at radius 1 is 1.30 bits per heavy atom. The fourth-order valence-electron chi connectivity index (χ4n) is 3.95. The highest BCUT2D eigenvalue weighted by atomic mass is 16.6. The molecule has 0 saturated carbocycles. The molecule has 2 aromatic rings. The molecule has 1 amide bonds. The van der Waals surface area contributed by atoms with Gasteiger partial charge < -0.3 is 14.2 Å². The van der Waals surface area contributed by atoms with Gasteiger partial charge in [0.15, 0.2) is 5.76 Å². The highest BCUT2D eigenvalue weighted by Crippen LogP contribution is 2.38. The minimum absolute atomic E-state index is 0.217. The number of hydrogen-bond donors (Lipinski definition) is 0. The second-order valence-electron chi connectivity index (χ2n) is 8.27. The first-order chi connectivity index (χ1) is 12.9. The molecule has 0 N–H and O–H groups in total. The quantitative estimate of drug-likeness (QED) is 0.806. The van der Waals surface area contributed by atoms with Crippen molar-refractivity contribution >= 4 is 6.09 Å². The zero-order valence-electron chi connectivity index (χ0n) is 16.1. The van der Waals surface area contributed by atoms with Crippen LogP contribution in [-0.2, 0) is 4.74 Å². The van der Waals surface area contributed by atoms with Crippen LogP contribution in [-0.4, -0.2) is 57.3 Å². The van der Waals surface area contributed by atoms with Crippen molar-refractivity contribution in [2.45, 2.75) is 51.3 Å². The Bertz CT molecular complexity index is 799. The van der Waals surface area contributed by atoms with Gasteiger partial charge in [-0.15, -0.1) is 0 Å². The van der Waals surface area contributed by atoms with E-state index in [-0.39, 0.29) is 12.1 Å². The van der Waals surface area contributed by atoms with Gasteiger partial charge in [0, 0.05) is 49.7 Å². The van der Waals surface area contributed by atoms with Gasteiger partial charge in [-0.2, -0.15) is 0 Å². The molecule has 2 aliphatic rings. The summed E-state index contributed by atoms with van der Waals surface area (Å²) in [5, 5.41) is 4.32. The molecule has 2 atom stereocenters. The SMILES string of the molecule is CC(C)(C)OC(=O)N1CCN2[C@@H](CC[C@@H]2c2cc(-c3cccnc3)on2)C1. The largest absolute Gasteiger partial charge is 0.444 e. The minimum atomic E-state index is -0.462. The molecular formula is C20H26N4O3. The monoisotopic (exact) mass is 370 g/mol. The molecule has 144 valence electrons. The number of amides is 1. The average Bonchev–Trinajstić information content (AvgIpc) is 3.27. The fraction of sp³-hybridized carbons (Fsp3) is 0.550. The van der Waals surface area contributed by atoms with Crippen LogP contribution in [0.25, 0.3) is 11.3 Å². The van der Waals surface area contributed by atoms with Crippen LogP contribution in [0, 0.1) is 0 Å². The van der Waals surface area contributed by atoms with Gasteiger partial charge in [0.2, 0.25) is 0 Å². The topological polar surface area (TPSA) is 71.7 Å². The smallest absolute Gasteiger partial charge is 0.410 e. The van der Waals surface area contributed by atoms with Crippen molar-refractivity contribution in [3.63, 3.8) is 0 Å². The molecule has 7 nitrogen and oxygen atoms in total. The van der Waals surface area contributed by atoms with Gasteiger partial charge in [-0.3, -0.25) is 9.88 Å². The predicted molar refractivity (Wildman–Crippen MR) is 100 cm³/mol. The van der Waals surface area contributed by atoms with Gasteiger partial charge >= 0.3 is 6.09 Å². The van der Waals surface area contributed by atoms with E-state index in [1.165, 1.54) is 0 Å². The lowest BCUT2D eigenvalue weighted by Crippen LogP contribution is -2.53. The zero-order chi connectivity index (χ0) is 19.0. The molecule has 0 aromatic carbocycles. The molecule has 27 heavy (non-hydrogen) atoms. The molecule has 2 aromatic heterocycles. The Morgan fingerprint density at radius 2 is 2.15 bits per heavy atom. The van der Waals surface area contributed by atoms with Gasteiger partial charge in [0.05, 0.1) is 6.04 Å². The van der Waals surface area contributed by atoms with Gasteiger partial charge in [-0.05, 0) is 45.7 Å². The number of carbonyl (C=O) groups is 1. The molecule has 0 spiro atoms. The number of ether oxygens (including phenoxy) is 1. The van der Waals surface area contributed by atoms with E-state index >= 15 is 0 Å². The lowest BCUT2D eigenvalue weighted by Gasteiger charge is -2.39. The Morgan fingerprint density at radius 3 is 2.89 bits per heavy atom. The van der Waals surface area contributed by atoms with Crippen molar-refractivity contribution in [3.8, 4) is 11.3 Å². The molecule has 7 heteroatoms. The summed E-state index contributed by atoms with van der Waals surface area (Å²) in [6, 6.07) is 6.46. The summed E-state index contributed by atoms with van der Waals surface area (Å²) in [6.45, 7) is 7.91. The normalized spacial score (nSPS) is 23.3. The molecule has 2 saturated heterocycles. The van der Waals surface area contributed by atoms with Crippen LogP contribution in [0.5, 0.6) is 0 Å². The molecule has 2 fully saturated rings. The average molecular weight is 370 g/mol. The molecule has 0 unspecified atom stereocenters. The number of rotatable bonds is 2. The summed E-state index contributed by atoms with van der Waals surface area (Å²) in [5.74, 6) is 0.744. The second-order valence-corrected chi connectivity index (χ2v) is 8.27. The van der Waals surface area contributed by atoms with Crippen LogP contribution in [0.2, 0.25) is 0 Å². The van der Waals surface area contributed by atoms with E-state index in [0.717, 1.165) is 36.4 Å². The third kappa shape index (κ3) is 3.83. The first kappa shape index (κ1) is 18.0. The maximum atomic E-state index is 12.4. The standard InChI is InChI=1S/C20H26N4O3/c1-20(2,3)26-19(25)23-9-10-24-15(13-23)6-7-17(24)16-11-18(27-22-16)14-5-4-8-21-12-14/h4-5,8,11-12,15,17H,6-7,9-10,13H2,1-3H3/t15-,17+/m0/s1. The van der Waals surface area contributed by atoms with Crippen LogP contribution in [0.3, 0.4) is 0 Å². The number of hydrogen-bond acceptors (Lipinski definition) is 6. The number of carbonyl (C=O) groups excluding carboxylic acids is 1. The third-order valence-corrected chi connectivity index (χ3v) is 5.17. The first-order valence-corrected chi connectivity index (χ1v) is 9.51.